The average molecular weight is 266 g/mol. The van der Waals surface area contributed by atoms with E-state index in [2.05, 4.69) is 10.2 Å². The fourth-order valence-electron chi connectivity index (χ4n) is 3.96. The summed E-state index contributed by atoms with van der Waals surface area (Å²) in [6.07, 6.45) is 12.5. The number of piperidine rings is 1. The van der Waals surface area contributed by atoms with E-state index in [1.165, 1.54) is 70.9 Å². The predicted molar refractivity (Wildman–Crippen MR) is 78.2 cm³/mol. The van der Waals surface area contributed by atoms with Gasteiger partial charge in [-0.2, -0.15) is 0 Å². The van der Waals surface area contributed by atoms with Gasteiger partial charge >= 0.3 is 0 Å². The van der Waals surface area contributed by atoms with Crippen LogP contribution in [0.25, 0.3) is 0 Å². The molecule has 0 aromatic heterocycles. The maximum atomic E-state index is 10.1. The highest BCUT2D eigenvalue weighted by molar-refractivity contribution is 4.89. The molecule has 2 N–H and O–H groups in total. The molecule has 1 atom stereocenters. The fraction of sp³-hybridized carbons (Fsp3) is 1.00. The Bertz CT molecular complexity index is 274. The lowest BCUT2D eigenvalue weighted by Crippen LogP contribution is -2.45. The van der Waals surface area contributed by atoms with Gasteiger partial charge < -0.3 is 15.3 Å². The molecule has 3 fully saturated rings. The monoisotopic (exact) mass is 266 g/mol. The quantitative estimate of drug-likeness (QED) is 0.800. The van der Waals surface area contributed by atoms with Gasteiger partial charge in [-0.3, -0.25) is 0 Å². The largest absolute Gasteiger partial charge is 0.390 e. The van der Waals surface area contributed by atoms with E-state index in [0.29, 0.717) is 11.5 Å². The molecule has 3 nitrogen and oxygen atoms in total. The van der Waals surface area contributed by atoms with Crippen LogP contribution in [0.4, 0.5) is 0 Å². The molecule has 3 rings (SSSR count). The van der Waals surface area contributed by atoms with Crippen molar-refractivity contribution in [3.8, 4) is 0 Å². The van der Waals surface area contributed by atoms with E-state index in [1.54, 1.807) is 0 Å². The molecule has 0 aromatic carbocycles. The van der Waals surface area contributed by atoms with Gasteiger partial charge in [0.2, 0.25) is 0 Å². The number of nitrogens with zero attached hydrogens (tertiary/aromatic N) is 1. The first-order valence-corrected chi connectivity index (χ1v) is 8.40. The summed E-state index contributed by atoms with van der Waals surface area (Å²) in [6.45, 7) is 4.07. The molecule has 1 saturated heterocycles. The molecule has 0 bridgehead atoms. The third-order valence-corrected chi connectivity index (χ3v) is 5.52. The van der Waals surface area contributed by atoms with Crippen LogP contribution in [0.1, 0.15) is 57.8 Å². The van der Waals surface area contributed by atoms with Gasteiger partial charge in [0.25, 0.3) is 0 Å². The first kappa shape index (κ1) is 13.8. The first-order valence-electron chi connectivity index (χ1n) is 8.40. The van der Waals surface area contributed by atoms with Crippen molar-refractivity contribution in [3.05, 3.63) is 0 Å². The Kier molecular flexibility index (Phi) is 4.45. The fourth-order valence-corrected chi connectivity index (χ4v) is 3.96. The topological polar surface area (TPSA) is 35.5 Å². The molecule has 2 saturated carbocycles. The van der Waals surface area contributed by atoms with Crippen molar-refractivity contribution in [2.75, 3.05) is 26.2 Å². The first-order chi connectivity index (χ1) is 9.26. The molecule has 3 heteroatoms. The van der Waals surface area contributed by atoms with Gasteiger partial charge in [0.15, 0.2) is 0 Å². The van der Waals surface area contributed by atoms with Crippen LogP contribution < -0.4 is 5.32 Å². The Labute approximate surface area is 117 Å². The smallest absolute Gasteiger partial charge is 0.0791 e. The van der Waals surface area contributed by atoms with Crippen LogP contribution in [0.3, 0.4) is 0 Å². The highest BCUT2D eigenvalue weighted by atomic mass is 16.3. The van der Waals surface area contributed by atoms with Gasteiger partial charge in [-0.05, 0) is 57.0 Å². The number of hydrogen-bond donors (Lipinski definition) is 2. The van der Waals surface area contributed by atoms with Crippen molar-refractivity contribution in [2.24, 2.45) is 5.41 Å². The van der Waals surface area contributed by atoms with Gasteiger partial charge in [0, 0.05) is 19.1 Å². The van der Waals surface area contributed by atoms with E-state index in [1.807, 2.05) is 0 Å². The molecule has 3 aliphatic rings. The Morgan fingerprint density at radius 2 is 1.74 bits per heavy atom. The maximum Gasteiger partial charge on any atom is 0.0791 e. The highest BCUT2D eigenvalue weighted by Crippen LogP contribution is 2.44. The minimum Gasteiger partial charge on any atom is -0.390 e. The molecule has 2 aliphatic carbocycles. The molecule has 0 aromatic rings. The number of aliphatic hydroxyl groups is 1. The molecule has 1 spiro atoms. The van der Waals surface area contributed by atoms with E-state index in [0.717, 1.165) is 13.1 Å². The van der Waals surface area contributed by atoms with Crippen LogP contribution in [0.5, 0.6) is 0 Å². The zero-order valence-corrected chi connectivity index (χ0v) is 12.2. The summed E-state index contributed by atoms with van der Waals surface area (Å²) in [7, 11) is 0. The molecular weight excluding hydrogens is 236 g/mol. The summed E-state index contributed by atoms with van der Waals surface area (Å²) < 4.78 is 0. The molecule has 1 unspecified atom stereocenters. The van der Waals surface area contributed by atoms with Crippen LogP contribution in [0.2, 0.25) is 0 Å². The normalized spacial score (nSPS) is 29.5. The lowest BCUT2D eigenvalue weighted by Gasteiger charge is -2.44. The SMILES string of the molecule is OC(CNC1CC1)CN1CCC2(CCCCC2)CC1. The van der Waals surface area contributed by atoms with Crippen molar-refractivity contribution in [2.45, 2.75) is 69.9 Å². The van der Waals surface area contributed by atoms with Crippen molar-refractivity contribution in [3.63, 3.8) is 0 Å². The van der Waals surface area contributed by atoms with Crippen LogP contribution in [0, 0.1) is 5.41 Å². The van der Waals surface area contributed by atoms with Crippen LogP contribution in [0.15, 0.2) is 0 Å². The molecule has 1 aliphatic heterocycles. The Morgan fingerprint density at radius 1 is 1.05 bits per heavy atom. The molecule has 1 heterocycles. The predicted octanol–water partition coefficient (Wildman–Crippen LogP) is 2.15. The third-order valence-electron chi connectivity index (χ3n) is 5.52. The summed E-state index contributed by atoms with van der Waals surface area (Å²) in [5.41, 5.74) is 0.686. The minimum absolute atomic E-state index is 0.180. The second kappa shape index (κ2) is 6.11. The number of nitrogens with one attached hydrogen (secondary N) is 1. The number of likely N-dealkylation sites (tertiary alicyclic amines) is 1. The van der Waals surface area contributed by atoms with Gasteiger partial charge in [-0.1, -0.05) is 19.3 Å². The summed E-state index contributed by atoms with van der Waals surface area (Å²) in [5.74, 6) is 0. The van der Waals surface area contributed by atoms with E-state index < -0.39 is 0 Å². The number of rotatable bonds is 5. The Morgan fingerprint density at radius 3 is 2.37 bits per heavy atom. The molecule has 110 valence electrons. The van der Waals surface area contributed by atoms with Crippen LogP contribution >= 0.6 is 0 Å². The van der Waals surface area contributed by atoms with Gasteiger partial charge in [0.1, 0.15) is 0 Å². The lowest BCUT2D eigenvalue weighted by molar-refractivity contribution is 0.0384. The number of aliphatic hydroxyl groups excluding tert-OH is 1. The summed E-state index contributed by atoms with van der Waals surface area (Å²) in [4.78, 5) is 2.49. The Balaban J connectivity index is 1.36. The maximum absolute atomic E-state index is 10.1. The van der Waals surface area contributed by atoms with E-state index in [4.69, 9.17) is 0 Å². The van der Waals surface area contributed by atoms with Crippen molar-refractivity contribution in [1.29, 1.82) is 0 Å². The lowest BCUT2D eigenvalue weighted by atomic mass is 9.68. The van der Waals surface area contributed by atoms with E-state index in [-0.39, 0.29) is 6.10 Å². The average Bonchev–Trinajstić information content (AvgIpc) is 3.25. The van der Waals surface area contributed by atoms with Crippen LogP contribution in [-0.2, 0) is 0 Å². The Hall–Kier alpha value is -0.120. The van der Waals surface area contributed by atoms with E-state index >= 15 is 0 Å². The van der Waals surface area contributed by atoms with Crippen LogP contribution in [-0.4, -0.2) is 48.3 Å². The van der Waals surface area contributed by atoms with Crippen molar-refractivity contribution in [1.82, 2.24) is 10.2 Å². The summed E-state index contributed by atoms with van der Waals surface area (Å²) in [5, 5.41) is 13.5. The molecule has 0 amide bonds. The van der Waals surface area contributed by atoms with Gasteiger partial charge in [-0.15, -0.1) is 0 Å². The zero-order chi connectivity index (χ0) is 13.1. The summed E-state index contributed by atoms with van der Waals surface area (Å²) in [6, 6.07) is 0.710. The molecule has 19 heavy (non-hydrogen) atoms. The third kappa shape index (κ3) is 3.93. The van der Waals surface area contributed by atoms with Crippen molar-refractivity contribution < 1.29 is 5.11 Å². The number of hydrogen-bond acceptors (Lipinski definition) is 3. The van der Waals surface area contributed by atoms with E-state index in [9.17, 15) is 5.11 Å². The standard InChI is InChI=1S/C16H30N2O/c19-15(12-17-14-4-5-14)13-18-10-8-16(9-11-18)6-2-1-3-7-16/h14-15,17,19H,1-13H2. The second-order valence-electron chi connectivity index (χ2n) is 7.20. The molecular formula is C16H30N2O. The second-order valence-corrected chi connectivity index (χ2v) is 7.20. The molecule has 0 radical (unpaired) electrons. The van der Waals surface area contributed by atoms with Gasteiger partial charge in [-0.25, -0.2) is 0 Å². The van der Waals surface area contributed by atoms with Gasteiger partial charge in [0.05, 0.1) is 6.10 Å². The minimum atomic E-state index is -0.180. The summed E-state index contributed by atoms with van der Waals surface area (Å²) >= 11 is 0. The highest BCUT2D eigenvalue weighted by Gasteiger charge is 2.35. The zero-order valence-electron chi connectivity index (χ0n) is 12.2. The number of β-amino-alcohol motifs (C(OH)–C–C–N with tert-alkyl or cyclic N) is 1. The van der Waals surface area contributed by atoms with Crippen molar-refractivity contribution >= 4 is 0 Å².